The van der Waals surface area contributed by atoms with Crippen LogP contribution in [0.15, 0.2) is 61.2 Å². The molecule has 1 fully saturated rings. The molecule has 30 heavy (non-hydrogen) atoms. The quantitative estimate of drug-likeness (QED) is 0.731. The average Bonchev–Trinajstić information content (AvgIpc) is 2.78. The number of amides is 2. The molecule has 2 aromatic carbocycles. The Morgan fingerprint density at radius 1 is 1.27 bits per heavy atom. The van der Waals surface area contributed by atoms with Crippen molar-refractivity contribution in [3.05, 3.63) is 72.3 Å². The minimum absolute atomic E-state index is 0.0275. The third-order valence-corrected chi connectivity index (χ3v) is 5.78. The fourth-order valence-corrected chi connectivity index (χ4v) is 4.33. The first kappa shape index (κ1) is 20.0. The molecule has 1 saturated heterocycles. The molecule has 6 heteroatoms. The molecule has 2 heterocycles. The Morgan fingerprint density at radius 3 is 2.80 bits per heavy atom. The van der Waals surface area contributed by atoms with Gasteiger partial charge in [0.15, 0.2) is 0 Å². The minimum atomic E-state index is -0.187. The number of carbonyl (C=O) groups is 2. The molecule has 2 atom stereocenters. The summed E-state index contributed by atoms with van der Waals surface area (Å²) >= 11 is 0. The number of ether oxygens (including phenoxy) is 2. The largest absolute Gasteiger partial charge is 0.497 e. The molecule has 0 aliphatic carbocycles. The monoisotopic (exact) mass is 406 g/mol. The normalized spacial score (nSPS) is 20.9. The summed E-state index contributed by atoms with van der Waals surface area (Å²) in [6, 6.07) is 14.8. The van der Waals surface area contributed by atoms with Crippen LogP contribution in [-0.4, -0.2) is 55.0 Å². The molecular formula is C24H26N2O4. The van der Waals surface area contributed by atoms with Crippen molar-refractivity contribution in [3.63, 3.8) is 0 Å². The van der Waals surface area contributed by atoms with Crippen LogP contribution in [0.25, 0.3) is 0 Å². The smallest absolute Gasteiger partial charge is 0.254 e. The molecule has 2 aliphatic heterocycles. The second-order valence-corrected chi connectivity index (χ2v) is 7.62. The van der Waals surface area contributed by atoms with E-state index in [0.29, 0.717) is 37.6 Å². The van der Waals surface area contributed by atoms with Gasteiger partial charge in [-0.05, 0) is 24.3 Å². The number of methoxy groups -OCH3 is 1. The molecule has 0 N–H and O–H groups in total. The lowest BCUT2D eigenvalue weighted by Gasteiger charge is -2.44. The van der Waals surface area contributed by atoms with E-state index in [1.807, 2.05) is 58.3 Å². The van der Waals surface area contributed by atoms with Gasteiger partial charge >= 0.3 is 0 Å². The molecule has 2 amide bonds. The van der Waals surface area contributed by atoms with E-state index in [1.54, 1.807) is 13.2 Å². The molecule has 0 spiro atoms. The van der Waals surface area contributed by atoms with E-state index in [-0.39, 0.29) is 30.2 Å². The summed E-state index contributed by atoms with van der Waals surface area (Å²) in [6.45, 7) is 5.56. The molecule has 0 unspecified atom stereocenters. The van der Waals surface area contributed by atoms with Crippen LogP contribution in [0, 0.1) is 5.92 Å². The van der Waals surface area contributed by atoms with E-state index in [2.05, 4.69) is 6.58 Å². The van der Waals surface area contributed by atoms with Crippen LogP contribution in [0.3, 0.4) is 0 Å². The maximum Gasteiger partial charge on any atom is 0.254 e. The van der Waals surface area contributed by atoms with Crippen LogP contribution in [0.2, 0.25) is 0 Å². The SMILES string of the molecule is C=CCN1C[C@H]2COc3cc(OC)ccc3[C@H]2N(C(=O)c2ccccc2)CCC1=O. The fourth-order valence-electron chi connectivity index (χ4n) is 4.33. The van der Waals surface area contributed by atoms with Gasteiger partial charge in [0.2, 0.25) is 5.91 Å². The first-order chi connectivity index (χ1) is 14.6. The highest BCUT2D eigenvalue weighted by Crippen LogP contribution is 2.42. The molecule has 0 aromatic heterocycles. The maximum atomic E-state index is 13.5. The summed E-state index contributed by atoms with van der Waals surface area (Å²) in [6.07, 6.45) is 2.02. The highest BCUT2D eigenvalue weighted by molar-refractivity contribution is 5.95. The van der Waals surface area contributed by atoms with Crippen molar-refractivity contribution in [2.45, 2.75) is 12.5 Å². The van der Waals surface area contributed by atoms with Crippen LogP contribution < -0.4 is 9.47 Å². The van der Waals surface area contributed by atoms with E-state index < -0.39 is 0 Å². The molecule has 0 saturated carbocycles. The van der Waals surface area contributed by atoms with E-state index in [9.17, 15) is 9.59 Å². The number of fused-ring (bicyclic) bond motifs is 3. The summed E-state index contributed by atoms with van der Waals surface area (Å²) in [7, 11) is 1.62. The molecule has 2 aliphatic rings. The molecule has 4 rings (SSSR count). The highest BCUT2D eigenvalue weighted by Gasteiger charge is 2.41. The van der Waals surface area contributed by atoms with Crippen LogP contribution in [-0.2, 0) is 4.79 Å². The van der Waals surface area contributed by atoms with Gasteiger partial charge in [0.05, 0.1) is 19.8 Å². The standard InChI is InChI=1S/C24H26N2O4/c1-3-12-25-15-18-16-30-21-14-19(29-2)9-10-20(21)23(18)26(13-11-22(25)27)24(28)17-7-5-4-6-8-17/h3-10,14,18,23H,1,11-13,15-16H2,2H3/t18-,23-/m0/s1. The zero-order chi connectivity index (χ0) is 21.1. The third-order valence-electron chi connectivity index (χ3n) is 5.78. The second-order valence-electron chi connectivity index (χ2n) is 7.62. The molecule has 2 aromatic rings. The van der Waals surface area contributed by atoms with Crippen LogP contribution in [0.5, 0.6) is 11.5 Å². The predicted octanol–water partition coefficient (Wildman–Crippen LogP) is 3.31. The van der Waals surface area contributed by atoms with Gasteiger partial charge in [-0.1, -0.05) is 24.3 Å². The maximum absolute atomic E-state index is 13.5. The van der Waals surface area contributed by atoms with E-state index in [0.717, 1.165) is 11.3 Å². The van der Waals surface area contributed by atoms with Crippen molar-refractivity contribution >= 4 is 11.8 Å². The van der Waals surface area contributed by atoms with Crippen LogP contribution in [0.4, 0.5) is 0 Å². The number of carbonyl (C=O) groups excluding carboxylic acids is 2. The zero-order valence-electron chi connectivity index (χ0n) is 17.1. The number of hydrogen-bond acceptors (Lipinski definition) is 4. The number of nitrogens with zero attached hydrogens (tertiary/aromatic N) is 2. The zero-order valence-corrected chi connectivity index (χ0v) is 17.1. The Morgan fingerprint density at radius 2 is 2.07 bits per heavy atom. The van der Waals surface area contributed by atoms with Gasteiger partial charge in [-0.15, -0.1) is 6.58 Å². The van der Waals surface area contributed by atoms with Gasteiger partial charge in [-0.3, -0.25) is 9.59 Å². The Balaban J connectivity index is 1.76. The van der Waals surface area contributed by atoms with Crippen LogP contribution >= 0.6 is 0 Å². The summed E-state index contributed by atoms with van der Waals surface area (Å²) in [5, 5.41) is 0. The van der Waals surface area contributed by atoms with Gasteiger partial charge in [-0.2, -0.15) is 0 Å². The van der Waals surface area contributed by atoms with E-state index in [1.165, 1.54) is 0 Å². The lowest BCUT2D eigenvalue weighted by Crippen LogP contribution is -2.51. The number of benzene rings is 2. The number of rotatable bonds is 4. The van der Waals surface area contributed by atoms with Gasteiger partial charge in [0.1, 0.15) is 11.5 Å². The summed E-state index contributed by atoms with van der Waals surface area (Å²) in [4.78, 5) is 29.9. The van der Waals surface area contributed by atoms with Crippen LogP contribution in [0.1, 0.15) is 28.4 Å². The first-order valence-electron chi connectivity index (χ1n) is 10.2. The van der Waals surface area contributed by atoms with Gasteiger partial charge in [-0.25, -0.2) is 0 Å². The Labute approximate surface area is 176 Å². The Kier molecular flexibility index (Phi) is 5.74. The minimum Gasteiger partial charge on any atom is -0.497 e. The predicted molar refractivity (Wildman–Crippen MR) is 114 cm³/mol. The van der Waals surface area contributed by atoms with Gasteiger partial charge in [0, 0.05) is 49.2 Å². The van der Waals surface area contributed by atoms with Crippen molar-refractivity contribution in [1.29, 1.82) is 0 Å². The summed E-state index contributed by atoms with van der Waals surface area (Å²) in [5.41, 5.74) is 1.57. The lowest BCUT2D eigenvalue weighted by atomic mass is 9.87. The fraction of sp³-hybridized carbons (Fsp3) is 0.333. The molecule has 0 bridgehead atoms. The average molecular weight is 406 g/mol. The molecule has 0 radical (unpaired) electrons. The van der Waals surface area contributed by atoms with E-state index >= 15 is 0 Å². The van der Waals surface area contributed by atoms with Crippen molar-refractivity contribution in [2.24, 2.45) is 5.92 Å². The topological polar surface area (TPSA) is 59.1 Å². The molecule has 6 nitrogen and oxygen atoms in total. The molecule has 156 valence electrons. The number of hydrogen-bond donors (Lipinski definition) is 0. The van der Waals surface area contributed by atoms with Crippen molar-refractivity contribution < 1.29 is 19.1 Å². The first-order valence-corrected chi connectivity index (χ1v) is 10.2. The molecular weight excluding hydrogens is 380 g/mol. The highest BCUT2D eigenvalue weighted by atomic mass is 16.5. The second kappa shape index (κ2) is 8.61. The van der Waals surface area contributed by atoms with E-state index in [4.69, 9.17) is 9.47 Å². The Bertz CT molecular complexity index is 943. The summed E-state index contributed by atoms with van der Waals surface area (Å²) in [5.74, 6) is 1.35. The van der Waals surface area contributed by atoms with Gasteiger partial charge in [0.25, 0.3) is 5.91 Å². The third kappa shape index (κ3) is 3.77. The van der Waals surface area contributed by atoms with Crippen molar-refractivity contribution in [3.8, 4) is 11.5 Å². The van der Waals surface area contributed by atoms with Gasteiger partial charge < -0.3 is 19.3 Å². The van der Waals surface area contributed by atoms with Crippen molar-refractivity contribution in [1.82, 2.24) is 9.80 Å². The lowest BCUT2D eigenvalue weighted by molar-refractivity contribution is -0.133. The van der Waals surface area contributed by atoms with Crippen molar-refractivity contribution in [2.75, 3.05) is 33.4 Å². The summed E-state index contributed by atoms with van der Waals surface area (Å²) < 4.78 is 11.4. The Hall–Kier alpha value is -3.28.